The zero-order valence-corrected chi connectivity index (χ0v) is 22.0. The van der Waals surface area contributed by atoms with Crippen LogP contribution < -0.4 is 10.6 Å². The Balaban J connectivity index is 1.89. The first-order chi connectivity index (χ1) is 17.7. The van der Waals surface area contributed by atoms with Gasteiger partial charge in [-0.1, -0.05) is 26.7 Å². The minimum atomic E-state index is -4.88. The summed E-state index contributed by atoms with van der Waals surface area (Å²) in [5.41, 5.74) is -2.60. The van der Waals surface area contributed by atoms with Crippen LogP contribution in [-0.4, -0.2) is 55.4 Å². The number of benzene rings is 1. The molecule has 1 unspecified atom stereocenters. The van der Waals surface area contributed by atoms with Gasteiger partial charge in [-0.05, 0) is 62.4 Å². The number of nitrogens with one attached hydrogen (secondary N) is 2. The highest BCUT2D eigenvalue weighted by molar-refractivity contribution is 5.85. The van der Waals surface area contributed by atoms with Crippen LogP contribution in [0.3, 0.4) is 0 Å². The predicted octanol–water partition coefficient (Wildman–Crippen LogP) is 6.55. The number of anilines is 1. The number of ether oxygens (including phenoxy) is 1. The number of hydrogen-bond acceptors (Lipinski definition) is 4. The van der Waals surface area contributed by atoms with Crippen molar-refractivity contribution in [2.24, 2.45) is 5.92 Å². The van der Waals surface area contributed by atoms with Crippen molar-refractivity contribution in [3.8, 4) is 0 Å². The number of amides is 2. The van der Waals surface area contributed by atoms with Crippen molar-refractivity contribution in [2.75, 3.05) is 32.1 Å². The average molecular weight is 554 g/mol. The second-order valence-electron chi connectivity index (χ2n) is 9.92. The Kier molecular flexibility index (Phi) is 11.3. The van der Waals surface area contributed by atoms with E-state index in [2.05, 4.69) is 24.5 Å². The van der Waals surface area contributed by atoms with Crippen LogP contribution >= 0.6 is 0 Å². The van der Waals surface area contributed by atoms with Gasteiger partial charge in [-0.15, -0.1) is 0 Å². The molecule has 1 aromatic carbocycles. The number of rotatable bonds is 11. The summed E-state index contributed by atoms with van der Waals surface area (Å²) in [5, 5.41) is 5.43. The van der Waals surface area contributed by atoms with Gasteiger partial charge in [0.15, 0.2) is 0 Å². The van der Waals surface area contributed by atoms with E-state index in [1.54, 1.807) is 4.90 Å². The van der Waals surface area contributed by atoms with E-state index in [1.807, 2.05) is 7.05 Å². The van der Waals surface area contributed by atoms with E-state index < -0.39 is 41.7 Å². The number of hydrogen-bond donors (Lipinski definition) is 2. The normalized spacial score (nSPS) is 16.7. The summed E-state index contributed by atoms with van der Waals surface area (Å²) in [6.07, 6.45) is -6.83. The summed E-state index contributed by atoms with van der Waals surface area (Å²) in [5.74, 6) is 0.0149. The van der Waals surface area contributed by atoms with Crippen LogP contribution in [-0.2, 0) is 22.1 Å². The Morgan fingerprint density at radius 1 is 1.05 bits per heavy atom. The zero-order valence-electron chi connectivity index (χ0n) is 22.0. The van der Waals surface area contributed by atoms with Crippen molar-refractivity contribution < 1.29 is 40.7 Å². The molecule has 6 nitrogen and oxygen atoms in total. The van der Waals surface area contributed by atoms with Crippen molar-refractivity contribution in [1.29, 1.82) is 0 Å². The van der Waals surface area contributed by atoms with Crippen LogP contribution in [0.1, 0.15) is 69.9 Å². The maximum Gasteiger partial charge on any atom is 0.416 e. The lowest BCUT2D eigenvalue weighted by molar-refractivity contribution is -0.138. The SMILES string of the molecule is CCCCC(CC)(CC(=O)N1CCC(COC(=O)Nc2cc(CC(F)(F)F)cc(C(F)(F)F)c2)CC1)NC. The molecule has 0 aromatic heterocycles. The molecule has 1 saturated heterocycles. The maximum atomic E-state index is 13.1. The fourth-order valence-corrected chi connectivity index (χ4v) is 4.65. The van der Waals surface area contributed by atoms with Crippen molar-refractivity contribution in [3.05, 3.63) is 29.3 Å². The first-order valence-electron chi connectivity index (χ1n) is 12.9. The Morgan fingerprint density at radius 3 is 2.24 bits per heavy atom. The van der Waals surface area contributed by atoms with Crippen LogP contribution in [0.2, 0.25) is 0 Å². The molecule has 1 aliphatic heterocycles. The number of unbranched alkanes of at least 4 members (excludes halogenated alkanes) is 1. The molecule has 0 radical (unpaired) electrons. The molecule has 0 bridgehead atoms. The molecule has 0 saturated carbocycles. The Bertz CT molecular complexity index is 924. The van der Waals surface area contributed by atoms with Gasteiger partial charge in [0.2, 0.25) is 5.91 Å². The summed E-state index contributed by atoms with van der Waals surface area (Å²) < 4.78 is 82.7. The van der Waals surface area contributed by atoms with Crippen molar-refractivity contribution >= 4 is 17.7 Å². The summed E-state index contributed by atoms with van der Waals surface area (Å²) in [6.45, 7) is 5.15. The fraction of sp³-hybridized carbons (Fsp3) is 0.692. The molecule has 1 heterocycles. The molecule has 1 aromatic rings. The Hall–Kier alpha value is -2.50. The number of likely N-dealkylation sites (tertiary alicyclic amines) is 1. The van der Waals surface area contributed by atoms with Gasteiger partial charge >= 0.3 is 18.4 Å². The lowest BCUT2D eigenvalue weighted by Crippen LogP contribution is -2.49. The molecule has 2 N–H and O–H groups in total. The van der Waals surface area contributed by atoms with Gasteiger partial charge in [0, 0.05) is 30.7 Å². The molecule has 1 atom stereocenters. The van der Waals surface area contributed by atoms with Crippen LogP contribution in [0.25, 0.3) is 0 Å². The second-order valence-corrected chi connectivity index (χ2v) is 9.92. The summed E-state index contributed by atoms with van der Waals surface area (Å²) in [4.78, 5) is 26.9. The first-order valence-corrected chi connectivity index (χ1v) is 12.9. The van der Waals surface area contributed by atoms with E-state index in [4.69, 9.17) is 4.74 Å². The third kappa shape index (κ3) is 9.99. The topological polar surface area (TPSA) is 70.7 Å². The smallest absolute Gasteiger partial charge is 0.416 e. The number of halogens is 6. The number of carbonyl (C=O) groups is 2. The minimum absolute atomic E-state index is 0.0197. The monoisotopic (exact) mass is 553 g/mol. The van der Waals surface area contributed by atoms with Gasteiger partial charge in [-0.3, -0.25) is 10.1 Å². The molecule has 38 heavy (non-hydrogen) atoms. The van der Waals surface area contributed by atoms with E-state index in [1.165, 1.54) is 0 Å². The molecule has 1 fully saturated rings. The molecular formula is C26H37F6N3O3. The largest absolute Gasteiger partial charge is 0.449 e. The van der Waals surface area contributed by atoms with Crippen LogP contribution in [0, 0.1) is 5.92 Å². The third-order valence-corrected chi connectivity index (χ3v) is 7.09. The van der Waals surface area contributed by atoms with Gasteiger partial charge in [-0.2, -0.15) is 26.3 Å². The van der Waals surface area contributed by atoms with E-state index in [-0.39, 0.29) is 24.0 Å². The van der Waals surface area contributed by atoms with E-state index >= 15 is 0 Å². The van der Waals surface area contributed by atoms with E-state index in [0.717, 1.165) is 31.7 Å². The van der Waals surface area contributed by atoms with Crippen LogP contribution in [0.5, 0.6) is 0 Å². The minimum Gasteiger partial charge on any atom is -0.449 e. The number of piperidine rings is 1. The van der Waals surface area contributed by atoms with Crippen molar-refractivity contribution in [3.63, 3.8) is 0 Å². The highest BCUT2D eigenvalue weighted by Crippen LogP contribution is 2.34. The quantitative estimate of drug-likeness (QED) is 0.305. The summed E-state index contributed by atoms with van der Waals surface area (Å²) in [6, 6.07) is 1.81. The molecule has 216 valence electrons. The highest BCUT2D eigenvalue weighted by Gasteiger charge is 2.34. The second kappa shape index (κ2) is 13.5. The fourth-order valence-electron chi connectivity index (χ4n) is 4.65. The number of alkyl halides is 6. The van der Waals surface area contributed by atoms with Crippen molar-refractivity contribution in [2.45, 2.75) is 83.1 Å². The molecular weight excluding hydrogens is 516 g/mol. The highest BCUT2D eigenvalue weighted by atomic mass is 19.4. The molecule has 0 spiro atoms. The lowest BCUT2D eigenvalue weighted by Gasteiger charge is -2.37. The van der Waals surface area contributed by atoms with Gasteiger partial charge in [-0.25, -0.2) is 4.79 Å². The van der Waals surface area contributed by atoms with E-state index in [0.29, 0.717) is 44.5 Å². The Morgan fingerprint density at radius 2 is 1.71 bits per heavy atom. The summed E-state index contributed by atoms with van der Waals surface area (Å²) >= 11 is 0. The maximum absolute atomic E-state index is 13.1. The van der Waals surface area contributed by atoms with Gasteiger partial charge in [0.1, 0.15) is 0 Å². The summed E-state index contributed by atoms with van der Waals surface area (Å²) in [7, 11) is 1.87. The standard InChI is InChI=1S/C26H37F6N3O3/c1-4-6-9-24(5-2,33-3)16-22(36)35-10-7-18(8-11-35)17-38-23(37)34-21-13-19(15-25(27,28)29)12-20(14-21)26(30,31)32/h12-14,18,33H,4-11,15-17H2,1-3H3,(H,34,37). The number of carbonyl (C=O) groups excluding carboxylic acids is 2. The lowest BCUT2D eigenvalue weighted by atomic mass is 9.85. The van der Waals surface area contributed by atoms with Crippen molar-refractivity contribution in [1.82, 2.24) is 10.2 Å². The Labute approximate surface area is 219 Å². The molecule has 1 aliphatic rings. The molecule has 2 rings (SSSR count). The average Bonchev–Trinajstić information content (AvgIpc) is 2.84. The zero-order chi connectivity index (χ0) is 28.6. The van der Waals surface area contributed by atoms with Gasteiger partial charge in [0.05, 0.1) is 18.6 Å². The van der Waals surface area contributed by atoms with Crippen LogP contribution in [0.4, 0.5) is 36.8 Å². The van der Waals surface area contributed by atoms with Gasteiger partial charge in [0.25, 0.3) is 0 Å². The first kappa shape index (κ1) is 31.7. The molecule has 2 amide bonds. The molecule has 12 heteroatoms. The van der Waals surface area contributed by atoms with E-state index in [9.17, 15) is 35.9 Å². The predicted molar refractivity (Wildman–Crippen MR) is 132 cm³/mol. The van der Waals surface area contributed by atoms with Gasteiger partial charge < -0.3 is 15.0 Å². The number of nitrogens with zero attached hydrogens (tertiary/aromatic N) is 1. The van der Waals surface area contributed by atoms with Crippen LogP contribution in [0.15, 0.2) is 18.2 Å². The third-order valence-electron chi connectivity index (χ3n) is 7.09. The molecule has 0 aliphatic carbocycles.